The van der Waals surface area contributed by atoms with Gasteiger partial charge in [-0.05, 0) is 7.05 Å². The van der Waals surface area contributed by atoms with Crippen LogP contribution in [0, 0.1) is 0 Å². The molecule has 1 aromatic heterocycles. The van der Waals surface area contributed by atoms with Crippen LogP contribution < -0.4 is 9.64 Å². The van der Waals surface area contributed by atoms with Crippen molar-refractivity contribution < 1.29 is 17.9 Å². The molecule has 1 atom stereocenters. The third-order valence-electron chi connectivity index (χ3n) is 3.66. The molecule has 8 heteroatoms. The second-order valence-corrected chi connectivity index (χ2v) is 5.13. The third-order valence-corrected chi connectivity index (χ3v) is 3.66. The van der Waals surface area contributed by atoms with Crippen molar-refractivity contribution in [1.82, 2.24) is 14.9 Å². The van der Waals surface area contributed by atoms with Gasteiger partial charge in [-0.1, -0.05) is 0 Å². The maximum absolute atomic E-state index is 12.7. The fraction of sp³-hybridized carbons (Fsp3) is 0.667. The quantitative estimate of drug-likeness (QED) is 0.722. The predicted molar refractivity (Wildman–Crippen MR) is 65.8 cm³/mol. The van der Waals surface area contributed by atoms with Gasteiger partial charge in [-0.25, -0.2) is 9.97 Å². The lowest BCUT2D eigenvalue weighted by Gasteiger charge is -2.39. The van der Waals surface area contributed by atoms with E-state index in [0.717, 1.165) is 32.3 Å². The van der Waals surface area contributed by atoms with Crippen molar-refractivity contribution in [2.75, 3.05) is 38.2 Å². The molecule has 5 nitrogen and oxygen atoms in total. The zero-order valence-electron chi connectivity index (χ0n) is 11.0. The highest BCUT2D eigenvalue weighted by Crippen LogP contribution is 2.35. The van der Waals surface area contributed by atoms with E-state index in [-0.39, 0.29) is 11.9 Å². The smallest absolute Gasteiger partial charge is 0.435 e. The van der Waals surface area contributed by atoms with Crippen molar-refractivity contribution in [2.24, 2.45) is 0 Å². The molecule has 1 aromatic rings. The van der Waals surface area contributed by atoms with E-state index in [9.17, 15) is 13.2 Å². The Morgan fingerprint density at radius 2 is 2.15 bits per heavy atom. The summed E-state index contributed by atoms with van der Waals surface area (Å²) in [5, 5.41) is 0. The van der Waals surface area contributed by atoms with Crippen LogP contribution in [0.25, 0.3) is 0 Å². The number of ether oxygens (including phenoxy) is 1. The van der Waals surface area contributed by atoms with Crippen molar-refractivity contribution >= 4 is 5.82 Å². The summed E-state index contributed by atoms with van der Waals surface area (Å²) < 4.78 is 43.4. The molecule has 0 unspecified atom stereocenters. The fourth-order valence-corrected chi connectivity index (χ4v) is 2.62. The van der Waals surface area contributed by atoms with Gasteiger partial charge >= 0.3 is 6.18 Å². The van der Waals surface area contributed by atoms with Gasteiger partial charge in [0.15, 0.2) is 11.5 Å². The Labute approximate surface area is 114 Å². The highest BCUT2D eigenvalue weighted by atomic mass is 19.4. The SMILES string of the molecule is CN1CCN2c3ncc(C(F)(F)F)nc3OCC[C@H]2C1. The van der Waals surface area contributed by atoms with E-state index in [2.05, 4.69) is 14.9 Å². The van der Waals surface area contributed by atoms with Crippen molar-refractivity contribution in [3.63, 3.8) is 0 Å². The van der Waals surface area contributed by atoms with Gasteiger partial charge in [0.1, 0.15) is 0 Å². The molecule has 1 saturated heterocycles. The Balaban J connectivity index is 1.96. The highest BCUT2D eigenvalue weighted by molar-refractivity contribution is 5.51. The van der Waals surface area contributed by atoms with E-state index in [1.54, 1.807) is 0 Å². The van der Waals surface area contributed by atoms with E-state index >= 15 is 0 Å². The van der Waals surface area contributed by atoms with Crippen LogP contribution in [0.1, 0.15) is 12.1 Å². The summed E-state index contributed by atoms with van der Waals surface area (Å²) in [5.41, 5.74) is -1.01. The minimum atomic E-state index is -4.50. The van der Waals surface area contributed by atoms with Crippen LogP contribution in [0.2, 0.25) is 0 Å². The Morgan fingerprint density at radius 3 is 2.90 bits per heavy atom. The summed E-state index contributed by atoms with van der Waals surface area (Å²) in [7, 11) is 2.03. The monoisotopic (exact) mass is 288 g/mol. The van der Waals surface area contributed by atoms with E-state index in [1.165, 1.54) is 0 Å². The van der Waals surface area contributed by atoms with Gasteiger partial charge < -0.3 is 14.5 Å². The van der Waals surface area contributed by atoms with Crippen molar-refractivity contribution in [3.05, 3.63) is 11.9 Å². The normalized spacial score (nSPS) is 23.6. The number of piperazine rings is 1. The minimum Gasteiger partial charge on any atom is -0.475 e. The van der Waals surface area contributed by atoms with Crippen LogP contribution in [0.3, 0.4) is 0 Å². The second-order valence-electron chi connectivity index (χ2n) is 5.13. The van der Waals surface area contributed by atoms with Gasteiger partial charge in [0.2, 0.25) is 0 Å². The lowest BCUT2D eigenvalue weighted by Crippen LogP contribution is -2.52. The van der Waals surface area contributed by atoms with Crippen LogP contribution in [0.5, 0.6) is 5.88 Å². The summed E-state index contributed by atoms with van der Waals surface area (Å²) >= 11 is 0. The Kier molecular flexibility index (Phi) is 3.19. The topological polar surface area (TPSA) is 41.5 Å². The average Bonchev–Trinajstić information content (AvgIpc) is 2.55. The molecule has 0 aromatic carbocycles. The maximum Gasteiger partial charge on any atom is 0.435 e. The molecular weight excluding hydrogens is 273 g/mol. The molecule has 0 bridgehead atoms. The number of anilines is 1. The summed E-state index contributed by atoms with van der Waals surface area (Å²) in [5.74, 6) is 0.417. The van der Waals surface area contributed by atoms with Gasteiger partial charge in [-0.2, -0.15) is 13.2 Å². The summed E-state index contributed by atoms with van der Waals surface area (Å²) in [6.45, 7) is 2.78. The number of likely N-dealkylation sites (N-methyl/N-ethyl adjacent to an activating group) is 1. The number of rotatable bonds is 0. The van der Waals surface area contributed by atoms with Crippen LogP contribution in [-0.4, -0.2) is 54.2 Å². The second kappa shape index (κ2) is 4.76. The lowest BCUT2D eigenvalue weighted by molar-refractivity contribution is -0.141. The van der Waals surface area contributed by atoms with Gasteiger partial charge in [0.25, 0.3) is 5.88 Å². The largest absolute Gasteiger partial charge is 0.475 e. The van der Waals surface area contributed by atoms with Crippen molar-refractivity contribution in [3.8, 4) is 5.88 Å². The molecule has 0 amide bonds. The van der Waals surface area contributed by atoms with Crippen LogP contribution in [0.15, 0.2) is 6.20 Å². The van der Waals surface area contributed by atoms with Gasteiger partial charge in [0.05, 0.1) is 12.8 Å². The molecular formula is C12H15F3N4O. The van der Waals surface area contributed by atoms with E-state index in [1.807, 2.05) is 11.9 Å². The van der Waals surface area contributed by atoms with Crippen LogP contribution in [-0.2, 0) is 6.18 Å². The third kappa shape index (κ3) is 2.39. The molecule has 1 fully saturated rings. The lowest BCUT2D eigenvalue weighted by atomic mass is 10.1. The van der Waals surface area contributed by atoms with Crippen LogP contribution in [0.4, 0.5) is 19.0 Å². The molecule has 20 heavy (non-hydrogen) atoms. The molecule has 0 saturated carbocycles. The summed E-state index contributed by atoms with van der Waals surface area (Å²) in [6, 6.07) is 0.209. The Morgan fingerprint density at radius 1 is 1.35 bits per heavy atom. The van der Waals surface area contributed by atoms with Crippen molar-refractivity contribution in [2.45, 2.75) is 18.6 Å². The molecule has 3 heterocycles. The first kappa shape index (κ1) is 13.4. The predicted octanol–water partition coefficient (Wildman–Crippen LogP) is 1.40. The standard InChI is InChI=1S/C12H15F3N4O/c1-18-3-4-19-8(7-18)2-5-20-11-10(19)16-6-9(17-11)12(13,14)15/h6,8H,2-5,7H2,1H3/t8-/m0/s1. The van der Waals surface area contributed by atoms with E-state index in [0.29, 0.717) is 12.4 Å². The molecule has 0 N–H and O–H groups in total. The Hall–Kier alpha value is -1.57. The number of hydrogen-bond donors (Lipinski definition) is 0. The van der Waals surface area contributed by atoms with Gasteiger partial charge in [0, 0.05) is 32.1 Å². The molecule has 110 valence electrons. The summed E-state index contributed by atoms with van der Waals surface area (Å²) in [4.78, 5) is 11.8. The van der Waals surface area contributed by atoms with E-state index in [4.69, 9.17) is 4.74 Å². The molecule has 0 spiro atoms. The molecule has 0 radical (unpaired) electrons. The first-order valence-corrected chi connectivity index (χ1v) is 6.47. The zero-order valence-corrected chi connectivity index (χ0v) is 11.0. The number of aromatic nitrogens is 2. The van der Waals surface area contributed by atoms with Gasteiger partial charge in [-0.15, -0.1) is 0 Å². The maximum atomic E-state index is 12.7. The first-order valence-electron chi connectivity index (χ1n) is 6.47. The van der Waals surface area contributed by atoms with Gasteiger partial charge in [-0.3, -0.25) is 0 Å². The first-order chi connectivity index (χ1) is 9.45. The molecule has 3 rings (SSSR count). The Bertz CT molecular complexity index is 508. The minimum absolute atomic E-state index is 0.00752. The number of nitrogens with zero attached hydrogens (tertiary/aromatic N) is 4. The fourth-order valence-electron chi connectivity index (χ4n) is 2.62. The van der Waals surface area contributed by atoms with E-state index < -0.39 is 11.9 Å². The highest BCUT2D eigenvalue weighted by Gasteiger charge is 2.37. The molecule has 0 aliphatic carbocycles. The number of hydrogen-bond acceptors (Lipinski definition) is 5. The molecule has 2 aliphatic rings. The number of halogens is 3. The average molecular weight is 288 g/mol. The number of fused-ring (bicyclic) bond motifs is 3. The molecule has 2 aliphatic heterocycles. The summed E-state index contributed by atoms with van der Waals surface area (Å²) in [6.07, 6.45) is -2.97. The van der Waals surface area contributed by atoms with Crippen LogP contribution >= 0.6 is 0 Å². The zero-order chi connectivity index (χ0) is 14.3. The van der Waals surface area contributed by atoms with Crippen molar-refractivity contribution in [1.29, 1.82) is 0 Å². The number of alkyl halides is 3.